The summed E-state index contributed by atoms with van der Waals surface area (Å²) in [5.74, 6) is -0.0165. The summed E-state index contributed by atoms with van der Waals surface area (Å²) in [5.41, 5.74) is 0.661. The molecule has 1 heterocycles. The number of amides is 2. The molecule has 32 heavy (non-hydrogen) atoms. The Morgan fingerprint density at radius 3 is 2.44 bits per heavy atom. The van der Waals surface area contributed by atoms with Crippen molar-refractivity contribution in [3.8, 4) is 0 Å². The van der Waals surface area contributed by atoms with Crippen LogP contribution < -0.4 is 10.6 Å². The third-order valence-electron chi connectivity index (χ3n) is 8.90. The third kappa shape index (κ3) is 4.57. The first kappa shape index (κ1) is 23.2. The molecule has 3 fully saturated rings. The average molecular weight is 442 g/mol. The lowest BCUT2D eigenvalue weighted by Crippen LogP contribution is -2.58. The molecule has 176 valence electrons. The summed E-state index contributed by atoms with van der Waals surface area (Å²) in [7, 11) is 0. The number of aromatic nitrogens is 1. The van der Waals surface area contributed by atoms with Gasteiger partial charge >= 0.3 is 0 Å². The van der Waals surface area contributed by atoms with E-state index in [4.69, 9.17) is 0 Å². The van der Waals surface area contributed by atoms with Crippen LogP contribution in [0.25, 0.3) is 0 Å². The fourth-order valence-corrected chi connectivity index (χ4v) is 6.85. The van der Waals surface area contributed by atoms with Gasteiger partial charge in [-0.1, -0.05) is 33.6 Å². The second-order valence-corrected chi connectivity index (χ2v) is 10.9. The van der Waals surface area contributed by atoms with Gasteiger partial charge in [-0.15, -0.1) is 0 Å². The molecule has 0 spiro atoms. The standard InChI is InChI=1S/C26H39N3O3/c1-16(24(31)28-19-6-4-5-7-19)20-8-12-26(3)13-9-21(17(2)22(26)23(20)30)29-25(32)18-10-14-27-15-11-18/h10-11,14-17,19-23,30H,4-9,12-13H2,1-3H3,(H,28,31)(H,29,32)/t16-,17-,20-,21-,22+,23-,26+/m0/s1. The van der Waals surface area contributed by atoms with Gasteiger partial charge in [0.1, 0.15) is 0 Å². The summed E-state index contributed by atoms with van der Waals surface area (Å²) < 4.78 is 0. The Hall–Kier alpha value is -1.95. The van der Waals surface area contributed by atoms with Crippen LogP contribution in [0.1, 0.15) is 82.5 Å². The number of rotatable bonds is 5. The normalized spacial score (nSPS) is 36.2. The van der Waals surface area contributed by atoms with Gasteiger partial charge in [0, 0.05) is 36.0 Å². The summed E-state index contributed by atoms with van der Waals surface area (Å²) >= 11 is 0. The number of hydrogen-bond acceptors (Lipinski definition) is 4. The minimum atomic E-state index is -0.534. The van der Waals surface area contributed by atoms with E-state index in [9.17, 15) is 14.7 Å². The first-order valence-corrected chi connectivity index (χ1v) is 12.5. The van der Waals surface area contributed by atoms with Crippen LogP contribution in [0.4, 0.5) is 0 Å². The van der Waals surface area contributed by atoms with E-state index in [-0.39, 0.29) is 46.9 Å². The van der Waals surface area contributed by atoms with Gasteiger partial charge in [0.2, 0.25) is 5.91 Å². The second-order valence-electron chi connectivity index (χ2n) is 10.9. The molecule has 3 saturated carbocycles. The summed E-state index contributed by atoms with van der Waals surface area (Å²) in [4.78, 5) is 29.7. The zero-order valence-electron chi connectivity index (χ0n) is 19.7. The molecular formula is C26H39N3O3. The Bertz CT molecular complexity index is 810. The van der Waals surface area contributed by atoms with Crippen molar-refractivity contribution in [1.29, 1.82) is 0 Å². The molecule has 6 heteroatoms. The molecule has 0 aliphatic heterocycles. The van der Waals surface area contributed by atoms with E-state index < -0.39 is 6.10 Å². The van der Waals surface area contributed by atoms with Crippen LogP contribution in [0, 0.1) is 29.1 Å². The fourth-order valence-electron chi connectivity index (χ4n) is 6.85. The Morgan fingerprint density at radius 2 is 1.75 bits per heavy atom. The summed E-state index contributed by atoms with van der Waals surface area (Å²) in [6, 6.07) is 3.77. The molecule has 7 atom stereocenters. The van der Waals surface area contributed by atoms with Crippen LogP contribution in [0.5, 0.6) is 0 Å². The number of nitrogens with zero attached hydrogens (tertiary/aromatic N) is 1. The van der Waals surface area contributed by atoms with Crippen molar-refractivity contribution >= 4 is 11.8 Å². The maximum absolute atomic E-state index is 12.9. The molecule has 0 aromatic carbocycles. The number of aliphatic hydroxyl groups excluding tert-OH is 1. The number of carbonyl (C=O) groups is 2. The van der Waals surface area contributed by atoms with E-state index >= 15 is 0 Å². The molecule has 0 saturated heterocycles. The zero-order chi connectivity index (χ0) is 22.9. The fraction of sp³-hybridized carbons (Fsp3) is 0.731. The molecule has 0 bridgehead atoms. The molecule has 3 aliphatic rings. The van der Waals surface area contributed by atoms with Gasteiger partial charge in [0.15, 0.2) is 0 Å². The number of hydrogen-bond donors (Lipinski definition) is 3. The van der Waals surface area contributed by atoms with Crippen molar-refractivity contribution in [2.45, 2.75) is 90.3 Å². The van der Waals surface area contributed by atoms with Crippen LogP contribution in [0.2, 0.25) is 0 Å². The first-order valence-electron chi connectivity index (χ1n) is 12.5. The van der Waals surface area contributed by atoms with Crippen molar-refractivity contribution in [3.63, 3.8) is 0 Å². The van der Waals surface area contributed by atoms with Gasteiger partial charge < -0.3 is 15.7 Å². The quantitative estimate of drug-likeness (QED) is 0.650. The highest BCUT2D eigenvalue weighted by atomic mass is 16.3. The molecule has 0 radical (unpaired) electrons. The van der Waals surface area contributed by atoms with Crippen LogP contribution in [-0.4, -0.2) is 40.1 Å². The lowest BCUT2D eigenvalue weighted by molar-refractivity contribution is -0.142. The minimum Gasteiger partial charge on any atom is -0.392 e. The zero-order valence-corrected chi connectivity index (χ0v) is 19.7. The third-order valence-corrected chi connectivity index (χ3v) is 8.90. The molecule has 1 aromatic rings. The van der Waals surface area contributed by atoms with Gasteiger partial charge in [-0.25, -0.2) is 0 Å². The molecule has 2 amide bonds. The van der Waals surface area contributed by atoms with E-state index in [1.54, 1.807) is 24.5 Å². The number of aliphatic hydroxyl groups is 1. The Kier molecular flexibility index (Phi) is 6.89. The number of nitrogens with one attached hydrogen (secondary N) is 2. The highest BCUT2D eigenvalue weighted by Gasteiger charge is 2.54. The van der Waals surface area contributed by atoms with Gasteiger partial charge in [0.05, 0.1) is 6.10 Å². The highest BCUT2D eigenvalue weighted by molar-refractivity contribution is 5.94. The number of pyridine rings is 1. The van der Waals surface area contributed by atoms with E-state index in [1.807, 2.05) is 6.92 Å². The average Bonchev–Trinajstić information content (AvgIpc) is 3.29. The van der Waals surface area contributed by atoms with Gasteiger partial charge in [-0.05, 0) is 73.8 Å². The Balaban J connectivity index is 1.44. The second kappa shape index (κ2) is 9.50. The number of carbonyl (C=O) groups excluding carboxylic acids is 2. The largest absolute Gasteiger partial charge is 0.392 e. The minimum absolute atomic E-state index is 0.0183. The Morgan fingerprint density at radius 1 is 1.09 bits per heavy atom. The predicted molar refractivity (Wildman–Crippen MR) is 124 cm³/mol. The number of fused-ring (bicyclic) bond motifs is 1. The van der Waals surface area contributed by atoms with Gasteiger partial charge in [0.25, 0.3) is 5.91 Å². The van der Waals surface area contributed by atoms with Gasteiger partial charge in [-0.3, -0.25) is 14.6 Å². The highest BCUT2D eigenvalue weighted by Crippen LogP contribution is 2.55. The molecular weight excluding hydrogens is 402 g/mol. The molecule has 3 N–H and O–H groups in total. The maximum Gasteiger partial charge on any atom is 0.251 e. The molecule has 4 rings (SSSR count). The maximum atomic E-state index is 12.9. The SMILES string of the molecule is C[C@@H]1[C@@H]2[C@@H](O)[C@H]([C@H](C)C(=O)NC3CCCC3)CC[C@]2(C)CC[C@@H]1NC(=O)c1ccncc1. The van der Waals surface area contributed by atoms with Crippen LogP contribution >= 0.6 is 0 Å². The lowest BCUT2D eigenvalue weighted by atomic mass is 9.51. The van der Waals surface area contributed by atoms with Crippen molar-refractivity contribution in [3.05, 3.63) is 30.1 Å². The van der Waals surface area contributed by atoms with Crippen molar-refractivity contribution in [2.75, 3.05) is 0 Å². The van der Waals surface area contributed by atoms with Crippen molar-refractivity contribution in [1.82, 2.24) is 15.6 Å². The van der Waals surface area contributed by atoms with Crippen molar-refractivity contribution < 1.29 is 14.7 Å². The molecule has 0 unspecified atom stereocenters. The lowest BCUT2D eigenvalue weighted by Gasteiger charge is -2.56. The Labute approximate surface area is 192 Å². The van der Waals surface area contributed by atoms with E-state index in [0.29, 0.717) is 11.6 Å². The molecule has 6 nitrogen and oxygen atoms in total. The summed E-state index contributed by atoms with van der Waals surface area (Å²) in [6.07, 6.45) is 11.1. The predicted octanol–water partition coefficient (Wildman–Crippen LogP) is 3.70. The van der Waals surface area contributed by atoms with Crippen LogP contribution in [0.3, 0.4) is 0 Å². The van der Waals surface area contributed by atoms with E-state index in [0.717, 1.165) is 38.5 Å². The molecule has 1 aromatic heterocycles. The van der Waals surface area contributed by atoms with Crippen LogP contribution in [-0.2, 0) is 4.79 Å². The summed E-state index contributed by atoms with van der Waals surface area (Å²) in [6.45, 7) is 6.43. The molecule has 3 aliphatic carbocycles. The van der Waals surface area contributed by atoms with Crippen molar-refractivity contribution in [2.24, 2.45) is 29.1 Å². The van der Waals surface area contributed by atoms with Crippen LogP contribution in [0.15, 0.2) is 24.5 Å². The summed E-state index contributed by atoms with van der Waals surface area (Å²) in [5, 5.41) is 18.0. The first-order chi connectivity index (χ1) is 15.3. The topological polar surface area (TPSA) is 91.3 Å². The van der Waals surface area contributed by atoms with E-state index in [2.05, 4.69) is 29.5 Å². The van der Waals surface area contributed by atoms with E-state index in [1.165, 1.54) is 12.8 Å². The monoisotopic (exact) mass is 441 g/mol. The smallest absolute Gasteiger partial charge is 0.251 e. The van der Waals surface area contributed by atoms with Gasteiger partial charge in [-0.2, -0.15) is 0 Å².